The highest BCUT2D eigenvalue weighted by atomic mass is 16.5. The first-order valence-electron chi connectivity index (χ1n) is 7.71. The van der Waals surface area contributed by atoms with Crippen molar-refractivity contribution in [3.05, 3.63) is 35.4 Å². The zero-order valence-electron chi connectivity index (χ0n) is 13.0. The molecule has 1 saturated heterocycles. The molecule has 0 aliphatic carbocycles. The summed E-state index contributed by atoms with van der Waals surface area (Å²) in [5.41, 5.74) is 8.19. The Morgan fingerprint density at radius 2 is 2.10 bits per heavy atom. The Bertz CT molecular complexity index is 476. The van der Waals surface area contributed by atoms with E-state index in [0.29, 0.717) is 19.0 Å². The zero-order chi connectivity index (χ0) is 15.2. The van der Waals surface area contributed by atoms with Crippen molar-refractivity contribution in [3.8, 4) is 0 Å². The number of carbonyl (C=O) groups excluding carboxylic acids is 1. The van der Waals surface area contributed by atoms with Crippen molar-refractivity contribution in [3.63, 3.8) is 0 Å². The van der Waals surface area contributed by atoms with Crippen molar-refractivity contribution in [2.75, 3.05) is 20.2 Å². The minimum Gasteiger partial charge on any atom is -0.469 e. The van der Waals surface area contributed by atoms with Crippen LogP contribution in [0.2, 0.25) is 0 Å². The summed E-state index contributed by atoms with van der Waals surface area (Å²) in [6.07, 6.45) is 2.72. The van der Waals surface area contributed by atoms with Gasteiger partial charge in [0.05, 0.1) is 13.5 Å². The fourth-order valence-corrected chi connectivity index (χ4v) is 3.08. The molecular formula is C17H26N2O2. The van der Waals surface area contributed by atoms with Crippen molar-refractivity contribution in [2.45, 2.75) is 38.8 Å². The molecule has 21 heavy (non-hydrogen) atoms. The van der Waals surface area contributed by atoms with Crippen LogP contribution in [0.3, 0.4) is 0 Å². The number of nitrogens with two attached hydrogens (primary N) is 1. The van der Waals surface area contributed by atoms with Gasteiger partial charge < -0.3 is 10.5 Å². The van der Waals surface area contributed by atoms with E-state index in [1.54, 1.807) is 0 Å². The third-order valence-electron chi connectivity index (χ3n) is 4.43. The third kappa shape index (κ3) is 4.29. The summed E-state index contributed by atoms with van der Waals surface area (Å²) in [6, 6.07) is 8.56. The number of methoxy groups -OCH3 is 1. The van der Waals surface area contributed by atoms with Gasteiger partial charge in [0.1, 0.15) is 0 Å². The van der Waals surface area contributed by atoms with E-state index < -0.39 is 0 Å². The van der Waals surface area contributed by atoms with Crippen LogP contribution >= 0.6 is 0 Å². The highest BCUT2D eigenvalue weighted by Gasteiger charge is 2.25. The molecule has 1 aromatic carbocycles. The van der Waals surface area contributed by atoms with Gasteiger partial charge in [-0.2, -0.15) is 0 Å². The SMILES string of the molecule is COC(=O)Cc1ccccc1CN1CCC(C)CC1CN. The van der Waals surface area contributed by atoms with Crippen molar-refractivity contribution >= 4 is 5.97 Å². The largest absolute Gasteiger partial charge is 0.469 e. The molecule has 4 nitrogen and oxygen atoms in total. The summed E-state index contributed by atoms with van der Waals surface area (Å²) in [5, 5.41) is 0. The first-order chi connectivity index (χ1) is 10.1. The van der Waals surface area contributed by atoms with Gasteiger partial charge in [-0.25, -0.2) is 0 Å². The molecule has 2 rings (SSSR count). The van der Waals surface area contributed by atoms with E-state index in [1.165, 1.54) is 19.1 Å². The number of hydrogen-bond donors (Lipinski definition) is 1. The van der Waals surface area contributed by atoms with E-state index in [9.17, 15) is 4.79 Å². The summed E-state index contributed by atoms with van der Waals surface area (Å²) in [4.78, 5) is 14.0. The highest BCUT2D eigenvalue weighted by molar-refractivity contribution is 5.72. The number of carbonyl (C=O) groups is 1. The van der Waals surface area contributed by atoms with Gasteiger partial charge in [-0.1, -0.05) is 31.2 Å². The molecule has 0 bridgehead atoms. The van der Waals surface area contributed by atoms with Crippen LogP contribution in [0.5, 0.6) is 0 Å². The van der Waals surface area contributed by atoms with Gasteiger partial charge in [-0.05, 0) is 36.4 Å². The van der Waals surface area contributed by atoms with E-state index in [1.807, 2.05) is 18.2 Å². The predicted molar refractivity (Wildman–Crippen MR) is 83.8 cm³/mol. The molecule has 1 aliphatic rings. The van der Waals surface area contributed by atoms with Crippen LogP contribution in [0, 0.1) is 5.92 Å². The Kier molecular flexibility index (Phi) is 5.76. The number of esters is 1. The van der Waals surface area contributed by atoms with Crippen LogP contribution in [0.1, 0.15) is 30.9 Å². The van der Waals surface area contributed by atoms with Crippen LogP contribution < -0.4 is 5.73 Å². The molecule has 116 valence electrons. The average molecular weight is 290 g/mol. The zero-order valence-corrected chi connectivity index (χ0v) is 13.0. The van der Waals surface area contributed by atoms with E-state index in [4.69, 9.17) is 10.5 Å². The van der Waals surface area contributed by atoms with Crippen LogP contribution in [0.25, 0.3) is 0 Å². The van der Waals surface area contributed by atoms with Crippen molar-refractivity contribution in [2.24, 2.45) is 11.7 Å². The van der Waals surface area contributed by atoms with Gasteiger partial charge in [0.25, 0.3) is 0 Å². The van der Waals surface area contributed by atoms with Gasteiger partial charge in [-0.15, -0.1) is 0 Å². The molecule has 1 heterocycles. The quantitative estimate of drug-likeness (QED) is 0.842. The molecule has 1 fully saturated rings. The maximum atomic E-state index is 11.5. The molecule has 0 spiro atoms. The average Bonchev–Trinajstić information content (AvgIpc) is 2.50. The first-order valence-corrected chi connectivity index (χ1v) is 7.71. The summed E-state index contributed by atoms with van der Waals surface area (Å²) in [6.45, 7) is 4.94. The fraction of sp³-hybridized carbons (Fsp3) is 0.588. The lowest BCUT2D eigenvalue weighted by molar-refractivity contribution is -0.139. The fourth-order valence-electron chi connectivity index (χ4n) is 3.08. The third-order valence-corrected chi connectivity index (χ3v) is 4.43. The Labute approximate surface area is 127 Å². The lowest BCUT2D eigenvalue weighted by Crippen LogP contribution is -2.45. The van der Waals surface area contributed by atoms with E-state index >= 15 is 0 Å². The number of hydrogen-bond acceptors (Lipinski definition) is 4. The molecule has 0 aromatic heterocycles. The van der Waals surface area contributed by atoms with Gasteiger partial charge >= 0.3 is 5.97 Å². The molecule has 1 aliphatic heterocycles. The second-order valence-corrected chi connectivity index (χ2v) is 6.01. The molecule has 2 N–H and O–H groups in total. The number of piperidine rings is 1. The normalized spacial score (nSPS) is 23.0. The predicted octanol–water partition coefficient (Wildman–Crippen LogP) is 1.96. The Morgan fingerprint density at radius 1 is 1.38 bits per heavy atom. The first kappa shape index (κ1) is 16.0. The van der Waals surface area contributed by atoms with Crippen molar-refractivity contribution in [1.82, 2.24) is 4.90 Å². The lowest BCUT2D eigenvalue weighted by Gasteiger charge is -2.38. The molecule has 0 saturated carbocycles. The Balaban J connectivity index is 2.09. The van der Waals surface area contributed by atoms with Gasteiger partial charge in [0, 0.05) is 19.1 Å². The number of rotatable bonds is 5. The molecule has 4 heteroatoms. The van der Waals surface area contributed by atoms with Crippen molar-refractivity contribution in [1.29, 1.82) is 0 Å². The minimum absolute atomic E-state index is 0.190. The number of likely N-dealkylation sites (tertiary alicyclic amines) is 1. The molecule has 0 amide bonds. The standard InChI is InChI=1S/C17H26N2O2/c1-13-7-8-19(16(9-13)11-18)12-15-6-4-3-5-14(15)10-17(20)21-2/h3-6,13,16H,7-12,18H2,1-2H3. The lowest BCUT2D eigenvalue weighted by atomic mass is 9.91. The van der Waals surface area contributed by atoms with Gasteiger partial charge in [0.15, 0.2) is 0 Å². The smallest absolute Gasteiger partial charge is 0.309 e. The summed E-state index contributed by atoms with van der Waals surface area (Å²) >= 11 is 0. The van der Waals surface area contributed by atoms with Crippen LogP contribution in [-0.2, 0) is 22.5 Å². The second kappa shape index (κ2) is 7.57. The van der Waals surface area contributed by atoms with Crippen molar-refractivity contribution < 1.29 is 9.53 Å². The molecule has 2 atom stereocenters. The summed E-state index contributed by atoms with van der Waals surface area (Å²) in [7, 11) is 1.43. The van der Waals surface area contributed by atoms with E-state index in [2.05, 4.69) is 17.9 Å². The highest BCUT2D eigenvalue weighted by Crippen LogP contribution is 2.24. The van der Waals surface area contributed by atoms with Gasteiger partial charge in [0.2, 0.25) is 0 Å². The molecule has 2 unspecified atom stereocenters. The molecular weight excluding hydrogens is 264 g/mol. The summed E-state index contributed by atoms with van der Waals surface area (Å²) < 4.78 is 4.78. The van der Waals surface area contributed by atoms with E-state index in [-0.39, 0.29) is 5.97 Å². The Morgan fingerprint density at radius 3 is 2.76 bits per heavy atom. The van der Waals surface area contributed by atoms with E-state index in [0.717, 1.165) is 31.0 Å². The number of benzene rings is 1. The monoisotopic (exact) mass is 290 g/mol. The molecule has 0 radical (unpaired) electrons. The number of nitrogens with zero attached hydrogens (tertiary/aromatic N) is 1. The van der Waals surface area contributed by atoms with Crippen LogP contribution in [-0.4, -0.2) is 37.1 Å². The van der Waals surface area contributed by atoms with Crippen LogP contribution in [0.4, 0.5) is 0 Å². The summed E-state index contributed by atoms with van der Waals surface area (Å²) in [5.74, 6) is 0.560. The minimum atomic E-state index is -0.190. The maximum absolute atomic E-state index is 11.5. The topological polar surface area (TPSA) is 55.6 Å². The second-order valence-electron chi connectivity index (χ2n) is 6.01. The maximum Gasteiger partial charge on any atom is 0.309 e. The number of ether oxygens (including phenoxy) is 1. The molecule has 1 aromatic rings. The Hall–Kier alpha value is -1.39. The van der Waals surface area contributed by atoms with Crippen LogP contribution in [0.15, 0.2) is 24.3 Å². The van der Waals surface area contributed by atoms with Gasteiger partial charge in [-0.3, -0.25) is 9.69 Å².